The van der Waals surface area contributed by atoms with E-state index in [9.17, 15) is 0 Å². The van der Waals surface area contributed by atoms with Gasteiger partial charge in [-0.05, 0) is 0 Å². The molecule has 0 unspecified atom stereocenters. The summed E-state index contributed by atoms with van der Waals surface area (Å²) in [7, 11) is -2.84. The maximum absolute atomic E-state index is 2.92. The summed E-state index contributed by atoms with van der Waals surface area (Å²) in [4.78, 5) is 0. The SMILES string of the molecule is CCc1c(CC)c2n3c1C=c1c(CC)c(CC)c4n1[PH]31n3c(c(CC)c(CC)c3C=c3c(CC)c(CC)c(n31)=C2)C=4. The van der Waals surface area contributed by atoms with Gasteiger partial charge in [-0.15, -0.1) is 0 Å². The summed E-state index contributed by atoms with van der Waals surface area (Å²) in [5, 5.41) is 5.96. The van der Waals surface area contributed by atoms with Crippen LogP contribution in [0.2, 0.25) is 0 Å². The molecule has 0 atom stereocenters. The first-order valence-corrected chi connectivity index (χ1v) is 18.3. The Balaban J connectivity index is 1.78. The van der Waals surface area contributed by atoms with E-state index in [0.717, 1.165) is 51.4 Å². The van der Waals surface area contributed by atoms with E-state index in [-0.39, 0.29) is 0 Å². The molecule has 0 radical (unpaired) electrons. The number of hydrogen-bond donors (Lipinski definition) is 0. The summed E-state index contributed by atoms with van der Waals surface area (Å²) in [6, 6.07) is 0. The van der Waals surface area contributed by atoms with E-state index in [1.807, 2.05) is 0 Å². The van der Waals surface area contributed by atoms with Crippen LogP contribution in [0.3, 0.4) is 0 Å². The molecule has 0 amide bonds. The fraction of sp³-hybridized carbons (Fsp3) is 0.444. The molecular formula is C36H45N4P. The van der Waals surface area contributed by atoms with E-state index in [4.69, 9.17) is 0 Å². The standard InChI is InChI=1S/C36H45N4P/c1-9-21-22(10-2)30-18-32-25(13-5)26(14-6)34-20-36-28(16-8)27(15-7)35-19-33-24(12-4)23(11-3)31-17-29(21)37(30)41(38(31)33,39(32)34)40(35)36/h17-20,41H,9-16H2,1-8H3. The van der Waals surface area contributed by atoms with Crippen molar-refractivity contribution in [3.8, 4) is 0 Å². The number of rotatable bonds is 8. The first-order valence-electron chi connectivity index (χ1n) is 16.5. The molecule has 0 bridgehead atoms. The van der Waals surface area contributed by atoms with Crippen molar-refractivity contribution in [2.24, 2.45) is 0 Å². The minimum atomic E-state index is -2.84. The molecule has 4 nitrogen and oxygen atoms in total. The van der Waals surface area contributed by atoms with Crippen molar-refractivity contribution >= 4 is 32.2 Å². The summed E-state index contributed by atoms with van der Waals surface area (Å²) in [5.74, 6) is 0. The number of hydrogen-bond acceptors (Lipinski definition) is 0. The van der Waals surface area contributed by atoms with Crippen molar-refractivity contribution in [2.45, 2.75) is 107 Å². The number of nitrogens with zero attached hydrogens (tertiary/aromatic N) is 4. The Bertz CT molecular complexity index is 1800. The van der Waals surface area contributed by atoms with Crippen LogP contribution in [0.5, 0.6) is 0 Å². The molecule has 214 valence electrons. The first kappa shape index (κ1) is 25.7. The van der Waals surface area contributed by atoms with Gasteiger partial charge in [0.15, 0.2) is 0 Å². The van der Waals surface area contributed by atoms with Gasteiger partial charge in [0.2, 0.25) is 0 Å². The fourth-order valence-electron chi connectivity index (χ4n) is 9.62. The third-order valence-electron chi connectivity index (χ3n) is 11.0. The van der Waals surface area contributed by atoms with Crippen molar-refractivity contribution in [3.63, 3.8) is 0 Å². The van der Waals surface area contributed by atoms with E-state index in [2.05, 4.69) is 97.0 Å². The summed E-state index contributed by atoms with van der Waals surface area (Å²) in [5.41, 5.74) is 18.5. The van der Waals surface area contributed by atoms with E-state index in [1.165, 1.54) is 44.2 Å². The predicted molar refractivity (Wildman–Crippen MR) is 175 cm³/mol. The zero-order valence-electron chi connectivity index (χ0n) is 26.3. The molecule has 0 N–H and O–H groups in total. The van der Waals surface area contributed by atoms with Crippen LogP contribution in [0.4, 0.5) is 0 Å². The molecule has 4 aromatic rings. The Morgan fingerprint density at radius 3 is 0.756 bits per heavy atom. The molecule has 0 saturated heterocycles. The van der Waals surface area contributed by atoms with Crippen LogP contribution in [0.1, 0.15) is 123 Å². The predicted octanol–water partition coefficient (Wildman–Crippen LogP) is 4.86. The third-order valence-corrected chi connectivity index (χ3v) is 15.3. The van der Waals surface area contributed by atoms with Gasteiger partial charge in [0, 0.05) is 0 Å². The number of aromatic nitrogens is 4. The van der Waals surface area contributed by atoms with Gasteiger partial charge in [-0.1, -0.05) is 0 Å². The maximum atomic E-state index is 2.92. The van der Waals surface area contributed by atoms with Crippen LogP contribution in [-0.2, 0) is 51.4 Å². The van der Waals surface area contributed by atoms with Gasteiger partial charge < -0.3 is 0 Å². The molecule has 8 heterocycles. The van der Waals surface area contributed by atoms with E-state index < -0.39 is 7.87 Å². The molecule has 41 heavy (non-hydrogen) atoms. The molecule has 0 fully saturated rings. The van der Waals surface area contributed by atoms with Crippen molar-refractivity contribution in [1.82, 2.24) is 17.4 Å². The molecule has 4 aliphatic rings. The summed E-state index contributed by atoms with van der Waals surface area (Å²) in [6.45, 7) is 19.0. The molecule has 0 aromatic carbocycles. The van der Waals surface area contributed by atoms with Crippen LogP contribution in [0.15, 0.2) is 0 Å². The summed E-state index contributed by atoms with van der Waals surface area (Å²) < 4.78 is 11.7. The third kappa shape index (κ3) is 2.57. The molecule has 1 spiro atoms. The Hall–Kier alpha value is -2.97. The minimum absolute atomic E-state index is 1.08. The Morgan fingerprint density at radius 2 is 0.561 bits per heavy atom. The normalized spacial score (nSPS) is 16.4. The van der Waals surface area contributed by atoms with Crippen LogP contribution >= 0.6 is 7.87 Å². The summed E-state index contributed by atoms with van der Waals surface area (Å²) in [6.07, 6.45) is 19.0. The van der Waals surface area contributed by atoms with Crippen molar-refractivity contribution in [2.75, 3.05) is 0 Å². The van der Waals surface area contributed by atoms with Crippen LogP contribution in [0.25, 0.3) is 24.3 Å². The second kappa shape index (κ2) is 8.54. The molecule has 8 rings (SSSR count). The Kier molecular flexibility index (Phi) is 5.36. The average Bonchev–Trinajstić information content (AvgIpc) is 3.69. The average molecular weight is 565 g/mol. The van der Waals surface area contributed by atoms with Gasteiger partial charge in [-0.2, -0.15) is 0 Å². The fourth-order valence-corrected chi connectivity index (χ4v) is 15.0. The second-order valence-electron chi connectivity index (χ2n) is 12.3. The quantitative estimate of drug-likeness (QED) is 0.235. The van der Waals surface area contributed by atoms with Gasteiger partial charge in [0.05, 0.1) is 0 Å². The van der Waals surface area contributed by atoms with Gasteiger partial charge in [-0.25, -0.2) is 0 Å². The van der Waals surface area contributed by atoms with Crippen molar-refractivity contribution in [1.29, 1.82) is 0 Å². The first-order chi connectivity index (χ1) is 20.0. The molecule has 0 saturated carbocycles. The van der Waals surface area contributed by atoms with Gasteiger partial charge in [-0.3, -0.25) is 0 Å². The Labute approximate surface area is 244 Å². The van der Waals surface area contributed by atoms with E-state index in [1.54, 1.807) is 44.5 Å². The van der Waals surface area contributed by atoms with Gasteiger partial charge in [0.1, 0.15) is 0 Å². The van der Waals surface area contributed by atoms with E-state index in [0.29, 0.717) is 0 Å². The van der Waals surface area contributed by atoms with Crippen LogP contribution in [0, 0.1) is 0 Å². The monoisotopic (exact) mass is 564 g/mol. The Morgan fingerprint density at radius 1 is 0.341 bits per heavy atom. The zero-order valence-corrected chi connectivity index (χ0v) is 27.3. The summed E-state index contributed by atoms with van der Waals surface area (Å²) >= 11 is 0. The van der Waals surface area contributed by atoms with Crippen molar-refractivity contribution < 1.29 is 0 Å². The van der Waals surface area contributed by atoms with Crippen molar-refractivity contribution in [3.05, 3.63) is 88.7 Å². The second-order valence-corrected chi connectivity index (χ2v) is 15.2. The molecule has 5 heteroatoms. The van der Waals surface area contributed by atoms with Crippen LogP contribution in [-0.4, -0.2) is 17.4 Å². The molecule has 4 aromatic heterocycles. The van der Waals surface area contributed by atoms with Gasteiger partial charge >= 0.3 is 245 Å². The van der Waals surface area contributed by atoms with Gasteiger partial charge in [0.25, 0.3) is 0 Å². The topological polar surface area (TPSA) is 19.7 Å². The van der Waals surface area contributed by atoms with E-state index >= 15 is 0 Å². The molecule has 4 aliphatic heterocycles. The van der Waals surface area contributed by atoms with Crippen LogP contribution < -0.4 is 21.4 Å². The molecule has 0 aliphatic carbocycles. The molecular weight excluding hydrogens is 519 g/mol. The zero-order chi connectivity index (χ0) is 28.5.